The van der Waals surface area contributed by atoms with Crippen LogP contribution in [0.1, 0.15) is 44.5 Å². The molecule has 6 nitrogen and oxygen atoms in total. The average molecular weight is 1480 g/mol. The Morgan fingerprint density at radius 2 is 0.586 bits per heavy atom. The van der Waals surface area contributed by atoms with Crippen molar-refractivity contribution in [1.82, 2.24) is 9.13 Å². The summed E-state index contributed by atoms with van der Waals surface area (Å²) in [5, 5.41) is 4.75. The Bertz CT molecular complexity index is 7330. The lowest BCUT2D eigenvalue weighted by atomic mass is 9.66. The van der Waals surface area contributed by atoms with Gasteiger partial charge in [-0.15, -0.1) is 0 Å². The smallest absolute Gasteiger partial charge is 0.134 e. The summed E-state index contributed by atoms with van der Waals surface area (Å²) >= 11 is 0. The second-order valence-electron chi connectivity index (χ2n) is 30.9. The number of benzene rings is 18. The number of para-hydroxylation sites is 6. The minimum absolute atomic E-state index is 0.661. The van der Waals surface area contributed by atoms with E-state index in [1.165, 1.54) is 66.1 Å². The minimum atomic E-state index is -0.710. The highest BCUT2D eigenvalue weighted by Gasteiger charge is 2.53. The van der Waals surface area contributed by atoms with Gasteiger partial charge in [0.1, 0.15) is 23.0 Å². The first-order valence-electron chi connectivity index (χ1n) is 39.9. The molecule has 542 valence electrons. The summed E-state index contributed by atoms with van der Waals surface area (Å²) in [4.78, 5) is 4.88. The largest absolute Gasteiger partial charge is 0.457 e. The van der Waals surface area contributed by atoms with Gasteiger partial charge < -0.3 is 28.4 Å². The van der Waals surface area contributed by atoms with Crippen molar-refractivity contribution in [2.24, 2.45) is 0 Å². The molecule has 18 aromatic carbocycles. The maximum Gasteiger partial charge on any atom is 0.134 e. The van der Waals surface area contributed by atoms with E-state index in [2.05, 4.69) is 444 Å². The quantitative estimate of drug-likeness (QED) is 0.129. The molecule has 0 fully saturated rings. The Morgan fingerprint density at radius 1 is 0.190 bits per heavy atom. The predicted molar refractivity (Wildman–Crippen MR) is 476 cm³/mol. The molecule has 0 N–H and O–H groups in total. The molecule has 4 heterocycles. The highest BCUT2D eigenvalue weighted by Crippen LogP contribution is 2.65. The van der Waals surface area contributed by atoms with Gasteiger partial charge in [0.15, 0.2) is 0 Å². The molecule has 2 spiro atoms. The zero-order valence-corrected chi connectivity index (χ0v) is 63.0. The van der Waals surface area contributed by atoms with Gasteiger partial charge in [-0.3, -0.25) is 0 Å². The monoisotopic (exact) mass is 1480 g/mol. The van der Waals surface area contributed by atoms with Crippen LogP contribution in [0, 0.1) is 0 Å². The molecule has 116 heavy (non-hydrogen) atoms. The van der Waals surface area contributed by atoms with E-state index in [1.807, 2.05) is 0 Å². The Hall–Kier alpha value is -15.2. The number of nitrogens with zero attached hydrogens (tertiary/aromatic N) is 4. The van der Waals surface area contributed by atoms with E-state index in [-0.39, 0.29) is 0 Å². The molecule has 6 heteroatoms. The number of ether oxygens (including phenoxy) is 2. The van der Waals surface area contributed by atoms with Crippen LogP contribution in [0.3, 0.4) is 0 Å². The van der Waals surface area contributed by atoms with Crippen molar-refractivity contribution in [2.75, 3.05) is 9.80 Å². The van der Waals surface area contributed by atoms with E-state index >= 15 is 0 Å². The zero-order valence-electron chi connectivity index (χ0n) is 63.0. The van der Waals surface area contributed by atoms with E-state index < -0.39 is 10.8 Å². The standard InChI is InChI=1S/C110H70N4O2/c1-4-27-73(28-5-1)83-35-14-22-47-100(83)112(81-56-60-90-88-40-15-23-48-101(88)114(104(90)69-81)77-32-8-3-9-33-77)82-57-62-98-108(70-82)116-107-66-75(55-61-97(107)109(98)92-42-17-10-36-84(92)85-37-11-18-43-93(85)109)72-53-51-71(52-54-72)74-29-26-34-78(65-74)111(79-58-63-103-91(67-79)89-41-16-24-49-102(89)113(103)76-30-6-2-7-31-76)80-59-64-106-99(68-80)110(96-46-21-25-50-105(96)115-106)94-44-19-12-38-86(94)87-39-13-20-45-95(87)110/h1-70H. The highest BCUT2D eigenvalue weighted by molar-refractivity contribution is 6.12. The number of hydrogen-bond acceptors (Lipinski definition) is 4. The molecular formula is C110H70N4O2. The molecule has 0 atom stereocenters. The van der Waals surface area contributed by atoms with Gasteiger partial charge in [0.2, 0.25) is 0 Å². The third-order valence-corrected chi connectivity index (χ3v) is 25.0. The minimum Gasteiger partial charge on any atom is -0.457 e. The molecule has 0 radical (unpaired) electrons. The molecule has 0 bridgehead atoms. The van der Waals surface area contributed by atoms with Crippen molar-refractivity contribution >= 4 is 77.7 Å². The van der Waals surface area contributed by atoms with Gasteiger partial charge in [0.05, 0.1) is 38.6 Å². The Morgan fingerprint density at radius 3 is 1.23 bits per heavy atom. The van der Waals surface area contributed by atoms with E-state index in [1.54, 1.807) is 0 Å². The number of anilines is 6. The van der Waals surface area contributed by atoms with E-state index in [4.69, 9.17) is 9.47 Å². The molecule has 20 aromatic rings. The SMILES string of the molecule is c1ccc(-c2ccccc2N(c2ccc3c(c2)Oc2cc(-c4ccc(-c5cccc(N(c6ccc7c(c6)C6(c8ccccc8O7)c7ccccc7-c7ccccc76)c6ccc7c(c6)c6ccccc6n7-c6ccccc6)c5)cc4)ccc2C32c3ccccc3-c3ccccc32)c2ccc3c4ccccc4n(-c4ccccc4)c3c2)cc1. The fraction of sp³-hybridized carbons (Fsp3) is 0.0182. The van der Waals surface area contributed by atoms with Crippen molar-refractivity contribution in [3.05, 3.63) is 469 Å². The first-order chi connectivity index (χ1) is 57.5. The summed E-state index contributed by atoms with van der Waals surface area (Å²) in [6.45, 7) is 0. The van der Waals surface area contributed by atoms with Crippen LogP contribution in [0.25, 0.3) is 111 Å². The fourth-order valence-corrected chi connectivity index (χ4v) is 20.2. The Balaban J connectivity index is 0.644. The molecule has 0 amide bonds. The van der Waals surface area contributed by atoms with Crippen LogP contribution in [0.15, 0.2) is 425 Å². The Labute approximate surface area is 671 Å². The zero-order chi connectivity index (χ0) is 76.2. The van der Waals surface area contributed by atoms with Crippen molar-refractivity contribution in [1.29, 1.82) is 0 Å². The molecule has 0 unspecified atom stereocenters. The van der Waals surface area contributed by atoms with Crippen LogP contribution in [-0.4, -0.2) is 9.13 Å². The number of hydrogen-bond donors (Lipinski definition) is 0. The first kappa shape index (κ1) is 65.5. The summed E-state index contributed by atoms with van der Waals surface area (Å²) in [5.74, 6) is 3.31. The van der Waals surface area contributed by atoms with Crippen LogP contribution in [0.5, 0.6) is 23.0 Å². The molecule has 4 aliphatic rings. The van der Waals surface area contributed by atoms with Crippen LogP contribution in [-0.2, 0) is 10.8 Å². The second-order valence-corrected chi connectivity index (χ2v) is 30.9. The van der Waals surface area contributed by atoms with Crippen molar-refractivity contribution in [2.45, 2.75) is 10.8 Å². The van der Waals surface area contributed by atoms with Crippen LogP contribution < -0.4 is 19.3 Å². The summed E-state index contributed by atoms with van der Waals surface area (Å²) in [6.07, 6.45) is 0. The lowest BCUT2D eigenvalue weighted by Crippen LogP contribution is -2.32. The summed E-state index contributed by atoms with van der Waals surface area (Å²) < 4.78 is 19.5. The molecule has 2 aliphatic carbocycles. The summed E-state index contributed by atoms with van der Waals surface area (Å²) in [5.41, 5.74) is 32.4. The van der Waals surface area contributed by atoms with Gasteiger partial charge in [0, 0.05) is 95.2 Å². The third kappa shape index (κ3) is 9.59. The van der Waals surface area contributed by atoms with Gasteiger partial charge in [0.25, 0.3) is 0 Å². The fourth-order valence-electron chi connectivity index (χ4n) is 20.2. The highest BCUT2D eigenvalue weighted by atomic mass is 16.5. The van der Waals surface area contributed by atoms with Crippen LogP contribution >= 0.6 is 0 Å². The van der Waals surface area contributed by atoms with E-state index in [0.717, 1.165) is 146 Å². The molecule has 24 rings (SSSR count). The summed E-state index contributed by atoms with van der Waals surface area (Å²) in [6, 6.07) is 156. The van der Waals surface area contributed by atoms with E-state index in [0.29, 0.717) is 0 Å². The van der Waals surface area contributed by atoms with Crippen LogP contribution in [0.2, 0.25) is 0 Å². The second kappa shape index (κ2) is 25.7. The number of aromatic nitrogens is 2. The summed E-state index contributed by atoms with van der Waals surface area (Å²) in [7, 11) is 0. The van der Waals surface area contributed by atoms with Crippen molar-refractivity contribution in [3.63, 3.8) is 0 Å². The van der Waals surface area contributed by atoms with Gasteiger partial charge in [-0.25, -0.2) is 0 Å². The van der Waals surface area contributed by atoms with Gasteiger partial charge in [-0.1, -0.05) is 297 Å². The maximum absolute atomic E-state index is 7.65. The Kier molecular flexibility index (Phi) is 14.5. The maximum atomic E-state index is 7.65. The van der Waals surface area contributed by atoms with Crippen molar-refractivity contribution in [3.8, 4) is 90.0 Å². The third-order valence-electron chi connectivity index (χ3n) is 25.0. The number of rotatable bonds is 11. The van der Waals surface area contributed by atoms with Crippen molar-refractivity contribution < 1.29 is 9.47 Å². The van der Waals surface area contributed by atoms with Gasteiger partial charge in [-0.05, 0) is 194 Å². The number of fused-ring (bicyclic) bond motifs is 24. The molecular weight excluding hydrogens is 1410 g/mol. The van der Waals surface area contributed by atoms with E-state index in [9.17, 15) is 0 Å². The molecule has 2 aromatic heterocycles. The molecule has 0 saturated heterocycles. The normalized spacial score (nSPS) is 13.3. The predicted octanol–water partition coefficient (Wildman–Crippen LogP) is 28.8. The average Bonchev–Trinajstić information content (AvgIpc) is 1.48. The molecule has 2 aliphatic heterocycles. The topological polar surface area (TPSA) is 34.8 Å². The lowest BCUT2D eigenvalue weighted by molar-refractivity contribution is 0.436. The van der Waals surface area contributed by atoms with Crippen LogP contribution in [0.4, 0.5) is 34.1 Å². The van der Waals surface area contributed by atoms with Gasteiger partial charge in [-0.2, -0.15) is 0 Å². The lowest BCUT2D eigenvalue weighted by Gasteiger charge is -2.40. The van der Waals surface area contributed by atoms with Gasteiger partial charge >= 0.3 is 0 Å². The first-order valence-corrected chi connectivity index (χ1v) is 39.9. The molecule has 0 saturated carbocycles.